The van der Waals surface area contributed by atoms with Crippen molar-refractivity contribution in [3.8, 4) is 0 Å². The Kier molecular flexibility index (Phi) is 6.44. The van der Waals surface area contributed by atoms with E-state index >= 15 is 0 Å². The molecule has 106 valence electrons. The Labute approximate surface area is 117 Å². The molecule has 0 fully saturated rings. The van der Waals surface area contributed by atoms with E-state index in [-0.39, 0.29) is 0 Å². The quantitative estimate of drug-likeness (QED) is 0.685. The van der Waals surface area contributed by atoms with E-state index in [0.717, 1.165) is 16.3 Å². The SMILES string of the molecule is C=C(C)c1ccccc1[Si](OCC)(OCC)OCC. The lowest BCUT2D eigenvalue weighted by molar-refractivity contribution is 0.0858. The number of benzene rings is 1. The maximum Gasteiger partial charge on any atom is 0.537 e. The highest BCUT2D eigenvalue weighted by Gasteiger charge is 2.44. The molecular formula is C15H24O3Si. The van der Waals surface area contributed by atoms with Gasteiger partial charge in [0.15, 0.2) is 0 Å². The van der Waals surface area contributed by atoms with Crippen molar-refractivity contribution in [3.05, 3.63) is 36.4 Å². The first kappa shape index (κ1) is 16.1. The Morgan fingerprint density at radius 1 is 1.00 bits per heavy atom. The highest BCUT2D eigenvalue weighted by atomic mass is 28.4. The maximum absolute atomic E-state index is 5.94. The van der Waals surface area contributed by atoms with Gasteiger partial charge in [0, 0.05) is 25.0 Å². The molecule has 0 N–H and O–H groups in total. The molecule has 0 aliphatic heterocycles. The van der Waals surface area contributed by atoms with Crippen LogP contribution in [0.5, 0.6) is 0 Å². The van der Waals surface area contributed by atoms with E-state index in [1.165, 1.54) is 0 Å². The summed E-state index contributed by atoms with van der Waals surface area (Å²) >= 11 is 0. The fourth-order valence-electron chi connectivity index (χ4n) is 2.05. The van der Waals surface area contributed by atoms with E-state index in [1.807, 2.05) is 52.0 Å². The van der Waals surface area contributed by atoms with E-state index in [1.54, 1.807) is 0 Å². The van der Waals surface area contributed by atoms with Gasteiger partial charge in [-0.1, -0.05) is 36.4 Å². The van der Waals surface area contributed by atoms with Gasteiger partial charge in [0.1, 0.15) is 0 Å². The molecule has 0 aliphatic carbocycles. The molecule has 0 amide bonds. The van der Waals surface area contributed by atoms with Gasteiger partial charge in [-0.05, 0) is 33.3 Å². The molecular weight excluding hydrogens is 256 g/mol. The normalized spacial score (nSPS) is 11.6. The summed E-state index contributed by atoms with van der Waals surface area (Å²) in [5.74, 6) is 0. The van der Waals surface area contributed by atoms with Crippen molar-refractivity contribution in [1.29, 1.82) is 0 Å². The summed E-state index contributed by atoms with van der Waals surface area (Å²) in [5, 5.41) is 1.01. The van der Waals surface area contributed by atoms with Crippen LogP contribution in [0.25, 0.3) is 5.57 Å². The van der Waals surface area contributed by atoms with Crippen LogP contribution in [0.2, 0.25) is 0 Å². The molecule has 1 aromatic rings. The average Bonchev–Trinajstić information content (AvgIpc) is 2.39. The van der Waals surface area contributed by atoms with Crippen LogP contribution in [0.15, 0.2) is 30.8 Å². The summed E-state index contributed by atoms with van der Waals surface area (Å²) in [6.07, 6.45) is 0. The first-order valence-corrected chi connectivity index (χ1v) is 8.51. The highest BCUT2D eigenvalue weighted by molar-refractivity contribution is 6.76. The second kappa shape index (κ2) is 7.60. The molecule has 0 saturated carbocycles. The number of allylic oxidation sites excluding steroid dienone is 1. The lowest BCUT2D eigenvalue weighted by Gasteiger charge is -2.30. The summed E-state index contributed by atoms with van der Waals surface area (Å²) in [6, 6.07) is 8.05. The van der Waals surface area contributed by atoms with Crippen LogP contribution in [0.1, 0.15) is 33.3 Å². The second-order valence-electron chi connectivity index (χ2n) is 4.18. The van der Waals surface area contributed by atoms with Gasteiger partial charge >= 0.3 is 8.80 Å². The minimum Gasteiger partial charge on any atom is -0.370 e. The van der Waals surface area contributed by atoms with Crippen molar-refractivity contribution >= 4 is 19.6 Å². The molecule has 0 spiro atoms. The highest BCUT2D eigenvalue weighted by Crippen LogP contribution is 2.17. The number of rotatable bonds is 8. The van der Waals surface area contributed by atoms with Crippen molar-refractivity contribution in [2.75, 3.05) is 19.8 Å². The van der Waals surface area contributed by atoms with Crippen LogP contribution in [0.4, 0.5) is 0 Å². The predicted octanol–water partition coefficient (Wildman–Crippen LogP) is 2.98. The molecule has 1 aromatic carbocycles. The second-order valence-corrected chi connectivity index (χ2v) is 6.70. The Bertz CT molecular complexity index is 401. The third-order valence-corrected chi connectivity index (χ3v) is 5.82. The minimum atomic E-state index is -2.84. The van der Waals surface area contributed by atoms with Crippen LogP contribution in [0.3, 0.4) is 0 Å². The van der Waals surface area contributed by atoms with Gasteiger partial charge in [-0.15, -0.1) is 0 Å². The summed E-state index contributed by atoms with van der Waals surface area (Å²) < 4.78 is 17.8. The van der Waals surface area contributed by atoms with Gasteiger partial charge < -0.3 is 13.3 Å². The topological polar surface area (TPSA) is 27.7 Å². The van der Waals surface area contributed by atoms with E-state index in [0.29, 0.717) is 19.8 Å². The Balaban J connectivity index is 3.33. The fourth-order valence-corrected chi connectivity index (χ4v) is 4.83. The smallest absolute Gasteiger partial charge is 0.370 e. The van der Waals surface area contributed by atoms with E-state index in [2.05, 4.69) is 6.58 Å². The van der Waals surface area contributed by atoms with E-state index in [4.69, 9.17) is 13.3 Å². The van der Waals surface area contributed by atoms with Gasteiger partial charge in [0.25, 0.3) is 0 Å². The average molecular weight is 280 g/mol. The monoisotopic (exact) mass is 280 g/mol. The molecule has 0 aliphatic rings. The number of hydrogen-bond acceptors (Lipinski definition) is 3. The molecule has 0 bridgehead atoms. The van der Waals surface area contributed by atoms with E-state index < -0.39 is 8.80 Å². The molecule has 19 heavy (non-hydrogen) atoms. The standard InChI is InChI=1S/C15H24O3Si/c1-6-16-19(17-7-2,18-8-3)15-12-10-9-11-14(15)13(4)5/h9-12H,4,6-8H2,1-3,5H3. The first-order valence-electron chi connectivity index (χ1n) is 6.78. The molecule has 1 rings (SSSR count). The minimum absolute atomic E-state index is 0.566. The van der Waals surface area contributed by atoms with Crippen LogP contribution in [-0.4, -0.2) is 28.6 Å². The molecule has 4 heteroatoms. The zero-order valence-corrected chi connectivity index (χ0v) is 13.4. The molecule has 3 nitrogen and oxygen atoms in total. The van der Waals surface area contributed by atoms with E-state index in [9.17, 15) is 0 Å². The van der Waals surface area contributed by atoms with Crippen molar-refractivity contribution < 1.29 is 13.3 Å². The van der Waals surface area contributed by atoms with Crippen molar-refractivity contribution in [1.82, 2.24) is 0 Å². The Morgan fingerprint density at radius 2 is 1.47 bits per heavy atom. The van der Waals surface area contributed by atoms with Crippen LogP contribution in [0, 0.1) is 0 Å². The van der Waals surface area contributed by atoms with Crippen LogP contribution >= 0.6 is 0 Å². The van der Waals surface area contributed by atoms with Gasteiger partial charge in [-0.25, -0.2) is 0 Å². The Hall–Kier alpha value is -0.943. The van der Waals surface area contributed by atoms with Crippen molar-refractivity contribution in [2.45, 2.75) is 27.7 Å². The molecule has 0 aromatic heterocycles. The first-order chi connectivity index (χ1) is 9.11. The lowest BCUT2D eigenvalue weighted by atomic mass is 10.1. The molecule has 0 saturated heterocycles. The largest absolute Gasteiger partial charge is 0.537 e. The maximum atomic E-state index is 5.94. The molecule has 0 unspecified atom stereocenters. The predicted molar refractivity (Wildman–Crippen MR) is 81.4 cm³/mol. The summed E-state index contributed by atoms with van der Waals surface area (Å²) in [5.41, 5.74) is 2.05. The van der Waals surface area contributed by atoms with Gasteiger partial charge in [-0.2, -0.15) is 0 Å². The van der Waals surface area contributed by atoms with Gasteiger partial charge in [0.2, 0.25) is 0 Å². The summed E-state index contributed by atoms with van der Waals surface area (Å²) in [6.45, 7) is 13.6. The molecule has 0 radical (unpaired) electrons. The van der Waals surface area contributed by atoms with Gasteiger partial charge in [0.05, 0.1) is 0 Å². The van der Waals surface area contributed by atoms with Gasteiger partial charge in [-0.3, -0.25) is 0 Å². The third-order valence-electron chi connectivity index (χ3n) is 2.72. The van der Waals surface area contributed by atoms with Crippen molar-refractivity contribution in [2.24, 2.45) is 0 Å². The lowest BCUT2D eigenvalue weighted by Crippen LogP contribution is -2.58. The number of hydrogen-bond donors (Lipinski definition) is 0. The van der Waals surface area contributed by atoms with Crippen LogP contribution in [-0.2, 0) is 13.3 Å². The zero-order chi connectivity index (χ0) is 14.3. The van der Waals surface area contributed by atoms with Crippen molar-refractivity contribution in [3.63, 3.8) is 0 Å². The zero-order valence-electron chi connectivity index (χ0n) is 12.4. The molecule has 0 heterocycles. The molecule has 0 atom stereocenters. The summed E-state index contributed by atoms with van der Waals surface area (Å²) in [4.78, 5) is 0. The van der Waals surface area contributed by atoms with Crippen LogP contribution < -0.4 is 5.19 Å². The Morgan fingerprint density at radius 3 is 1.89 bits per heavy atom. The third kappa shape index (κ3) is 3.76. The summed E-state index contributed by atoms with van der Waals surface area (Å²) in [7, 11) is -2.84. The fraction of sp³-hybridized carbons (Fsp3) is 0.467.